The molecule has 0 bridgehead atoms. The second kappa shape index (κ2) is 9.30. The van der Waals surface area contributed by atoms with Crippen LogP contribution in [0, 0.1) is 11.7 Å². The van der Waals surface area contributed by atoms with Crippen molar-refractivity contribution in [2.45, 2.75) is 12.8 Å². The molecule has 1 aromatic carbocycles. The van der Waals surface area contributed by atoms with E-state index in [9.17, 15) is 9.18 Å². The molecule has 0 aliphatic carbocycles. The van der Waals surface area contributed by atoms with Crippen molar-refractivity contribution >= 4 is 35.6 Å². The number of carbonyl (C=O) groups excluding carboxylic acids is 1. The van der Waals surface area contributed by atoms with Crippen molar-refractivity contribution in [3.63, 3.8) is 0 Å². The molecule has 4 nitrogen and oxygen atoms in total. The average molecular weight is 350 g/mol. The third-order valence-electron chi connectivity index (χ3n) is 3.77. The number of amides is 1. The van der Waals surface area contributed by atoms with Crippen molar-refractivity contribution in [1.29, 1.82) is 0 Å². The highest BCUT2D eigenvalue weighted by Gasteiger charge is 2.20. The molecule has 22 heavy (non-hydrogen) atoms. The fraction of sp³-hybridized carbons (Fsp3) is 0.533. The van der Waals surface area contributed by atoms with Crippen molar-refractivity contribution in [3.05, 3.63) is 29.0 Å². The molecule has 1 aliphatic heterocycles. The van der Waals surface area contributed by atoms with E-state index in [0.717, 1.165) is 32.5 Å². The molecule has 0 unspecified atom stereocenters. The number of hydrogen-bond donors (Lipinski definition) is 2. The quantitative estimate of drug-likeness (QED) is 0.858. The van der Waals surface area contributed by atoms with Crippen LogP contribution in [0.5, 0.6) is 0 Å². The fourth-order valence-electron chi connectivity index (χ4n) is 2.62. The van der Waals surface area contributed by atoms with Gasteiger partial charge in [0.05, 0.1) is 17.3 Å². The number of nitrogens with one attached hydrogen (secondary N) is 2. The average Bonchev–Trinajstić information content (AvgIpc) is 2.44. The van der Waals surface area contributed by atoms with E-state index in [0.29, 0.717) is 18.2 Å². The zero-order valence-electron chi connectivity index (χ0n) is 12.6. The van der Waals surface area contributed by atoms with Gasteiger partial charge in [-0.2, -0.15) is 0 Å². The van der Waals surface area contributed by atoms with Crippen LogP contribution in [0.3, 0.4) is 0 Å². The molecule has 1 aliphatic rings. The summed E-state index contributed by atoms with van der Waals surface area (Å²) in [6, 6.07) is 3.96. The molecule has 1 aromatic rings. The first-order chi connectivity index (χ1) is 10.1. The van der Waals surface area contributed by atoms with Crippen molar-refractivity contribution in [2.75, 3.05) is 38.5 Å². The Hall–Kier alpha value is -0.880. The van der Waals surface area contributed by atoms with Gasteiger partial charge in [-0.15, -0.1) is 12.4 Å². The Labute approximate surface area is 141 Å². The van der Waals surface area contributed by atoms with Gasteiger partial charge < -0.3 is 10.6 Å². The largest absolute Gasteiger partial charge is 0.324 e. The summed E-state index contributed by atoms with van der Waals surface area (Å²) in [6.45, 7) is 3.24. The highest BCUT2D eigenvalue weighted by atomic mass is 35.5. The van der Waals surface area contributed by atoms with E-state index in [2.05, 4.69) is 15.5 Å². The van der Waals surface area contributed by atoms with E-state index in [1.54, 1.807) is 0 Å². The maximum atomic E-state index is 12.9. The summed E-state index contributed by atoms with van der Waals surface area (Å²) in [5, 5.41) is 6.14. The zero-order valence-corrected chi connectivity index (χ0v) is 14.1. The van der Waals surface area contributed by atoms with E-state index >= 15 is 0 Å². The van der Waals surface area contributed by atoms with Gasteiger partial charge in [0.1, 0.15) is 5.82 Å². The maximum Gasteiger partial charge on any atom is 0.238 e. The summed E-state index contributed by atoms with van der Waals surface area (Å²) in [4.78, 5) is 14.1. The van der Waals surface area contributed by atoms with Gasteiger partial charge in [-0.25, -0.2) is 4.39 Å². The Bertz CT molecular complexity index is 494. The minimum Gasteiger partial charge on any atom is -0.324 e. The molecular weight excluding hydrogens is 328 g/mol. The molecule has 0 radical (unpaired) electrons. The van der Waals surface area contributed by atoms with Gasteiger partial charge in [-0.1, -0.05) is 11.6 Å². The number of carbonyl (C=O) groups is 1. The standard InChI is InChI=1S/C15H21ClFN3O.ClH/c1-18-9-11-4-6-20(7-5-11)10-15(21)19-14-3-2-12(17)8-13(14)16;/h2-3,8,11,18H,4-7,9-10H2,1H3,(H,19,21);1H. The van der Waals surface area contributed by atoms with Crippen molar-refractivity contribution in [1.82, 2.24) is 10.2 Å². The number of piperidine rings is 1. The molecule has 124 valence electrons. The molecule has 1 heterocycles. The van der Waals surface area contributed by atoms with Gasteiger partial charge in [0.15, 0.2) is 0 Å². The van der Waals surface area contributed by atoms with Gasteiger partial charge in [-0.3, -0.25) is 9.69 Å². The minimum atomic E-state index is -0.412. The van der Waals surface area contributed by atoms with E-state index in [1.165, 1.54) is 18.2 Å². The van der Waals surface area contributed by atoms with E-state index in [-0.39, 0.29) is 23.3 Å². The van der Waals surface area contributed by atoms with Crippen molar-refractivity contribution < 1.29 is 9.18 Å². The van der Waals surface area contributed by atoms with Crippen LogP contribution >= 0.6 is 24.0 Å². The van der Waals surface area contributed by atoms with Crippen molar-refractivity contribution in [3.8, 4) is 0 Å². The first kappa shape index (κ1) is 19.2. The highest BCUT2D eigenvalue weighted by molar-refractivity contribution is 6.33. The second-order valence-corrected chi connectivity index (χ2v) is 5.86. The molecular formula is C15H22Cl2FN3O. The predicted octanol–water partition coefficient (Wildman–Crippen LogP) is 2.77. The van der Waals surface area contributed by atoms with Crippen LogP contribution in [0.4, 0.5) is 10.1 Å². The predicted molar refractivity (Wildman–Crippen MR) is 90.4 cm³/mol. The Balaban J connectivity index is 0.00000242. The molecule has 2 rings (SSSR count). The van der Waals surface area contributed by atoms with Gasteiger partial charge in [0.25, 0.3) is 0 Å². The molecule has 1 saturated heterocycles. The first-order valence-corrected chi connectivity index (χ1v) is 7.58. The number of rotatable bonds is 5. The summed E-state index contributed by atoms with van der Waals surface area (Å²) < 4.78 is 12.9. The van der Waals surface area contributed by atoms with Gasteiger partial charge in [0.2, 0.25) is 5.91 Å². The molecule has 0 saturated carbocycles. The van der Waals surface area contributed by atoms with Gasteiger partial charge in [-0.05, 0) is 63.6 Å². The number of halogens is 3. The molecule has 2 N–H and O–H groups in total. The third kappa shape index (κ3) is 5.72. The fourth-order valence-corrected chi connectivity index (χ4v) is 2.84. The monoisotopic (exact) mass is 349 g/mol. The topological polar surface area (TPSA) is 44.4 Å². The summed E-state index contributed by atoms with van der Waals surface area (Å²) in [5.41, 5.74) is 0.452. The Morgan fingerprint density at radius 3 is 2.68 bits per heavy atom. The Morgan fingerprint density at radius 1 is 1.41 bits per heavy atom. The maximum absolute atomic E-state index is 12.9. The lowest BCUT2D eigenvalue weighted by Gasteiger charge is -2.31. The molecule has 1 amide bonds. The highest BCUT2D eigenvalue weighted by Crippen LogP contribution is 2.22. The lowest BCUT2D eigenvalue weighted by atomic mass is 9.97. The normalized spacial score (nSPS) is 16.1. The molecule has 0 spiro atoms. The summed E-state index contributed by atoms with van der Waals surface area (Å²) >= 11 is 5.89. The lowest BCUT2D eigenvalue weighted by molar-refractivity contribution is -0.117. The number of anilines is 1. The van der Waals surface area contributed by atoms with Crippen LogP contribution in [0.2, 0.25) is 5.02 Å². The number of nitrogens with zero attached hydrogens (tertiary/aromatic N) is 1. The van der Waals surface area contributed by atoms with E-state index < -0.39 is 5.82 Å². The van der Waals surface area contributed by atoms with Crippen LogP contribution in [0.1, 0.15) is 12.8 Å². The first-order valence-electron chi connectivity index (χ1n) is 7.20. The zero-order chi connectivity index (χ0) is 15.2. The molecule has 0 aromatic heterocycles. The molecule has 0 atom stereocenters. The van der Waals surface area contributed by atoms with Crippen LogP contribution < -0.4 is 10.6 Å². The summed E-state index contributed by atoms with van der Waals surface area (Å²) in [5.74, 6) is 0.168. The smallest absolute Gasteiger partial charge is 0.238 e. The number of hydrogen-bond acceptors (Lipinski definition) is 3. The van der Waals surface area contributed by atoms with Gasteiger partial charge >= 0.3 is 0 Å². The lowest BCUT2D eigenvalue weighted by Crippen LogP contribution is -2.40. The van der Waals surface area contributed by atoms with Crippen LogP contribution in [0.25, 0.3) is 0 Å². The minimum absolute atomic E-state index is 0. The van der Waals surface area contributed by atoms with Crippen LogP contribution in [0.15, 0.2) is 18.2 Å². The number of likely N-dealkylation sites (tertiary alicyclic amines) is 1. The molecule has 7 heteroatoms. The van der Waals surface area contributed by atoms with E-state index in [1.807, 2.05) is 7.05 Å². The Kier molecular flexibility index (Phi) is 8.10. The summed E-state index contributed by atoms with van der Waals surface area (Å²) in [6.07, 6.45) is 2.21. The van der Waals surface area contributed by atoms with Crippen LogP contribution in [-0.2, 0) is 4.79 Å². The number of benzene rings is 1. The molecule has 1 fully saturated rings. The van der Waals surface area contributed by atoms with E-state index in [4.69, 9.17) is 11.6 Å². The Morgan fingerprint density at radius 2 is 2.09 bits per heavy atom. The third-order valence-corrected chi connectivity index (χ3v) is 4.09. The van der Waals surface area contributed by atoms with Gasteiger partial charge in [0, 0.05) is 0 Å². The second-order valence-electron chi connectivity index (χ2n) is 5.45. The van der Waals surface area contributed by atoms with Crippen LogP contribution in [-0.4, -0.2) is 44.0 Å². The van der Waals surface area contributed by atoms with Crippen molar-refractivity contribution in [2.24, 2.45) is 5.92 Å². The summed E-state index contributed by atoms with van der Waals surface area (Å²) in [7, 11) is 1.96. The SMILES string of the molecule is CNCC1CCN(CC(=O)Nc2ccc(F)cc2Cl)CC1.Cl.